The summed E-state index contributed by atoms with van der Waals surface area (Å²) in [5.41, 5.74) is 0.324. The molecular formula is C13H18ClNO5S. The highest BCUT2D eigenvalue weighted by Gasteiger charge is 2.27. The molecule has 0 radical (unpaired) electrons. The van der Waals surface area contributed by atoms with Crippen molar-refractivity contribution in [1.29, 1.82) is 0 Å². The lowest BCUT2D eigenvalue weighted by atomic mass is 10.1. The van der Waals surface area contributed by atoms with E-state index in [2.05, 4.69) is 4.72 Å². The van der Waals surface area contributed by atoms with E-state index in [-0.39, 0.29) is 28.3 Å². The number of rotatable bonds is 5. The third-order valence-electron chi connectivity index (χ3n) is 3.24. The van der Waals surface area contributed by atoms with Gasteiger partial charge in [-0.3, -0.25) is 0 Å². The minimum Gasteiger partial charge on any atom is -0.495 e. The summed E-state index contributed by atoms with van der Waals surface area (Å²) in [5.74, 6) is 0.103. The number of aliphatic hydroxyl groups is 1. The maximum atomic E-state index is 12.5. The Balaban J connectivity index is 2.36. The Morgan fingerprint density at radius 3 is 2.86 bits per heavy atom. The van der Waals surface area contributed by atoms with Crippen LogP contribution in [-0.2, 0) is 21.4 Å². The smallest absolute Gasteiger partial charge is 0.244 e. The quantitative estimate of drug-likeness (QED) is 0.847. The van der Waals surface area contributed by atoms with Crippen molar-refractivity contribution < 1.29 is 23.0 Å². The first kappa shape index (κ1) is 16.5. The third kappa shape index (κ3) is 3.87. The zero-order valence-corrected chi connectivity index (χ0v) is 13.2. The molecule has 21 heavy (non-hydrogen) atoms. The molecule has 0 saturated carbocycles. The van der Waals surface area contributed by atoms with Crippen molar-refractivity contribution in [3.05, 3.63) is 22.7 Å². The van der Waals surface area contributed by atoms with E-state index in [4.69, 9.17) is 21.1 Å². The molecule has 0 spiro atoms. The summed E-state index contributed by atoms with van der Waals surface area (Å²) in [6.07, 6.45) is 1.52. The molecule has 8 heteroatoms. The first-order valence-electron chi connectivity index (χ1n) is 6.55. The van der Waals surface area contributed by atoms with Crippen LogP contribution in [0.1, 0.15) is 18.4 Å². The molecule has 1 aliphatic rings. The molecule has 1 saturated heterocycles. The normalized spacial score (nSPS) is 19.5. The van der Waals surface area contributed by atoms with E-state index in [1.54, 1.807) is 0 Å². The molecule has 118 valence electrons. The molecule has 0 bridgehead atoms. The van der Waals surface area contributed by atoms with Crippen molar-refractivity contribution in [1.82, 2.24) is 4.72 Å². The molecule has 1 aromatic rings. The van der Waals surface area contributed by atoms with E-state index in [1.165, 1.54) is 19.2 Å². The van der Waals surface area contributed by atoms with Crippen LogP contribution < -0.4 is 9.46 Å². The maximum Gasteiger partial charge on any atom is 0.244 e. The van der Waals surface area contributed by atoms with E-state index < -0.39 is 10.0 Å². The first-order chi connectivity index (χ1) is 9.97. The number of ether oxygens (including phenoxy) is 2. The Hall–Kier alpha value is -0.860. The second-order valence-corrected chi connectivity index (χ2v) is 6.91. The van der Waals surface area contributed by atoms with Gasteiger partial charge in [0.1, 0.15) is 10.6 Å². The second-order valence-electron chi connectivity index (χ2n) is 4.79. The SMILES string of the molecule is COc1c(CO)cc(Cl)cc1S(=O)(=O)NC1CCCOC1. The molecule has 1 fully saturated rings. The Labute approximate surface area is 129 Å². The van der Waals surface area contributed by atoms with Crippen molar-refractivity contribution in [2.24, 2.45) is 0 Å². The van der Waals surface area contributed by atoms with Gasteiger partial charge in [-0.05, 0) is 25.0 Å². The van der Waals surface area contributed by atoms with E-state index in [0.29, 0.717) is 18.8 Å². The fourth-order valence-corrected chi connectivity index (χ4v) is 4.09. The molecule has 1 aromatic carbocycles. The lowest BCUT2D eigenvalue weighted by Gasteiger charge is -2.23. The van der Waals surface area contributed by atoms with Crippen LogP contribution in [0.15, 0.2) is 17.0 Å². The predicted octanol–water partition coefficient (Wildman–Crippen LogP) is 1.30. The summed E-state index contributed by atoms with van der Waals surface area (Å²) in [6.45, 7) is 0.626. The van der Waals surface area contributed by atoms with Gasteiger partial charge in [0.05, 0.1) is 20.3 Å². The monoisotopic (exact) mass is 335 g/mol. The van der Waals surface area contributed by atoms with Crippen LogP contribution in [0, 0.1) is 0 Å². The standard InChI is InChI=1S/C13H18ClNO5S/c1-19-13-9(7-16)5-10(14)6-12(13)21(17,18)15-11-3-2-4-20-8-11/h5-6,11,15-16H,2-4,7-8H2,1H3. The molecular weight excluding hydrogens is 318 g/mol. The number of benzene rings is 1. The number of hydrogen-bond donors (Lipinski definition) is 2. The minimum atomic E-state index is -3.81. The number of nitrogens with one attached hydrogen (secondary N) is 1. The van der Waals surface area contributed by atoms with Crippen LogP contribution >= 0.6 is 11.6 Å². The zero-order valence-electron chi connectivity index (χ0n) is 11.6. The van der Waals surface area contributed by atoms with Gasteiger partial charge in [0.2, 0.25) is 10.0 Å². The van der Waals surface area contributed by atoms with E-state index in [1.807, 2.05) is 0 Å². The highest BCUT2D eigenvalue weighted by Crippen LogP contribution is 2.32. The van der Waals surface area contributed by atoms with Crippen molar-refractivity contribution in [2.45, 2.75) is 30.4 Å². The van der Waals surface area contributed by atoms with Gasteiger partial charge in [-0.25, -0.2) is 13.1 Å². The third-order valence-corrected chi connectivity index (χ3v) is 4.99. The van der Waals surface area contributed by atoms with E-state index in [0.717, 1.165) is 12.8 Å². The van der Waals surface area contributed by atoms with Gasteiger partial charge in [0.15, 0.2) is 0 Å². The average molecular weight is 336 g/mol. The number of methoxy groups -OCH3 is 1. The summed E-state index contributed by atoms with van der Waals surface area (Å²) in [7, 11) is -2.46. The fraction of sp³-hybridized carbons (Fsp3) is 0.538. The highest BCUT2D eigenvalue weighted by molar-refractivity contribution is 7.89. The molecule has 1 unspecified atom stereocenters. The van der Waals surface area contributed by atoms with Gasteiger partial charge in [0.25, 0.3) is 0 Å². The van der Waals surface area contributed by atoms with Crippen LogP contribution in [-0.4, -0.2) is 39.9 Å². The summed E-state index contributed by atoms with van der Waals surface area (Å²) in [5, 5.41) is 9.53. The van der Waals surface area contributed by atoms with Crippen molar-refractivity contribution in [3.63, 3.8) is 0 Å². The lowest BCUT2D eigenvalue weighted by molar-refractivity contribution is 0.0774. The fourth-order valence-electron chi connectivity index (χ4n) is 2.29. The molecule has 2 N–H and O–H groups in total. The zero-order chi connectivity index (χ0) is 15.5. The van der Waals surface area contributed by atoms with E-state index in [9.17, 15) is 13.5 Å². The van der Waals surface area contributed by atoms with Gasteiger partial charge in [0, 0.05) is 23.2 Å². The molecule has 0 amide bonds. The Morgan fingerprint density at radius 1 is 1.52 bits per heavy atom. The maximum absolute atomic E-state index is 12.5. The molecule has 2 rings (SSSR count). The van der Waals surface area contributed by atoms with Gasteiger partial charge < -0.3 is 14.6 Å². The Morgan fingerprint density at radius 2 is 2.29 bits per heavy atom. The highest BCUT2D eigenvalue weighted by atomic mass is 35.5. The Bertz CT molecular complexity index is 599. The summed E-state index contributed by atoms with van der Waals surface area (Å²) < 4.78 is 38.0. The first-order valence-corrected chi connectivity index (χ1v) is 8.41. The number of sulfonamides is 1. The topological polar surface area (TPSA) is 84.9 Å². The van der Waals surface area contributed by atoms with Gasteiger partial charge in [-0.15, -0.1) is 0 Å². The van der Waals surface area contributed by atoms with Crippen molar-refractivity contribution in [3.8, 4) is 5.75 Å². The van der Waals surface area contributed by atoms with Gasteiger partial charge in [-0.2, -0.15) is 0 Å². The number of hydrogen-bond acceptors (Lipinski definition) is 5. The van der Waals surface area contributed by atoms with Crippen LogP contribution in [0.25, 0.3) is 0 Å². The molecule has 0 aromatic heterocycles. The van der Waals surface area contributed by atoms with E-state index >= 15 is 0 Å². The molecule has 1 atom stereocenters. The average Bonchev–Trinajstić information content (AvgIpc) is 2.46. The van der Waals surface area contributed by atoms with Crippen molar-refractivity contribution >= 4 is 21.6 Å². The second kappa shape index (κ2) is 6.93. The predicted molar refractivity (Wildman–Crippen MR) is 78.1 cm³/mol. The van der Waals surface area contributed by atoms with Crippen LogP contribution in [0.3, 0.4) is 0 Å². The van der Waals surface area contributed by atoms with Crippen LogP contribution in [0.2, 0.25) is 5.02 Å². The van der Waals surface area contributed by atoms with Crippen molar-refractivity contribution in [2.75, 3.05) is 20.3 Å². The number of aliphatic hydroxyl groups excluding tert-OH is 1. The van der Waals surface area contributed by atoms with Gasteiger partial charge >= 0.3 is 0 Å². The van der Waals surface area contributed by atoms with Gasteiger partial charge in [-0.1, -0.05) is 11.6 Å². The molecule has 1 heterocycles. The largest absolute Gasteiger partial charge is 0.495 e. The molecule has 6 nitrogen and oxygen atoms in total. The summed E-state index contributed by atoms with van der Waals surface area (Å²) >= 11 is 5.92. The summed E-state index contributed by atoms with van der Waals surface area (Å²) in [4.78, 5) is -0.0767. The molecule has 1 aliphatic heterocycles. The minimum absolute atomic E-state index is 0.0767. The number of halogens is 1. The summed E-state index contributed by atoms with van der Waals surface area (Å²) in [6, 6.07) is 2.51. The molecule has 0 aliphatic carbocycles. The van der Waals surface area contributed by atoms with Crippen LogP contribution in [0.4, 0.5) is 0 Å². The van der Waals surface area contributed by atoms with Crippen LogP contribution in [0.5, 0.6) is 5.75 Å². The Kier molecular flexibility index (Phi) is 5.45. The lowest BCUT2D eigenvalue weighted by Crippen LogP contribution is -2.40.